The van der Waals surface area contributed by atoms with Crippen molar-refractivity contribution >= 4 is 11.6 Å². The van der Waals surface area contributed by atoms with E-state index in [2.05, 4.69) is 15.3 Å². The third-order valence-electron chi connectivity index (χ3n) is 5.01. The van der Waals surface area contributed by atoms with Crippen LogP contribution in [0.4, 0.5) is 5.69 Å². The SMILES string of the molecule is Cc1ccc(NC(=O)Cn2cccc3c(=O)n(Cc4ccncc4)c(=O)nc2-3)c(C)c1. The molecule has 0 radical (unpaired) electrons. The minimum Gasteiger partial charge on any atom is -0.324 e. The average molecular weight is 415 g/mol. The van der Waals surface area contributed by atoms with Gasteiger partial charge in [0.05, 0.1) is 12.1 Å². The lowest BCUT2D eigenvalue weighted by molar-refractivity contribution is -0.116. The normalized spacial score (nSPS) is 10.9. The fourth-order valence-electron chi connectivity index (χ4n) is 3.45. The number of benzene rings is 1. The fourth-order valence-corrected chi connectivity index (χ4v) is 3.45. The summed E-state index contributed by atoms with van der Waals surface area (Å²) in [7, 11) is 0. The van der Waals surface area contributed by atoms with E-state index in [1.165, 1.54) is 4.57 Å². The summed E-state index contributed by atoms with van der Waals surface area (Å²) in [5, 5.41) is 2.87. The summed E-state index contributed by atoms with van der Waals surface area (Å²) in [5.74, 6) is -0.0982. The van der Waals surface area contributed by atoms with Crippen LogP contribution in [0.15, 0.2) is 70.6 Å². The number of amides is 1. The smallest absolute Gasteiger partial charge is 0.324 e. The predicted octanol–water partition coefficient (Wildman–Crippen LogP) is 2.21. The van der Waals surface area contributed by atoms with Gasteiger partial charge in [-0.3, -0.25) is 19.1 Å². The molecule has 0 unspecified atom stereocenters. The van der Waals surface area contributed by atoms with Crippen molar-refractivity contribution in [3.63, 3.8) is 0 Å². The van der Waals surface area contributed by atoms with Crippen LogP contribution in [-0.4, -0.2) is 25.0 Å². The van der Waals surface area contributed by atoms with Gasteiger partial charge in [0.2, 0.25) is 5.91 Å². The Labute approximate surface area is 178 Å². The zero-order valence-electron chi connectivity index (χ0n) is 17.2. The summed E-state index contributed by atoms with van der Waals surface area (Å²) in [4.78, 5) is 46.2. The molecule has 8 heteroatoms. The largest absolute Gasteiger partial charge is 0.352 e. The first kappa shape index (κ1) is 20.2. The van der Waals surface area contributed by atoms with Crippen molar-refractivity contribution in [2.75, 3.05) is 5.32 Å². The maximum Gasteiger partial charge on any atom is 0.352 e. The minimum atomic E-state index is -0.663. The molecule has 0 saturated heterocycles. The summed E-state index contributed by atoms with van der Waals surface area (Å²) in [6, 6.07) is 12.5. The highest BCUT2D eigenvalue weighted by Gasteiger charge is 2.18. The highest BCUT2D eigenvalue weighted by atomic mass is 16.2. The number of pyridine rings is 2. The second-order valence-corrected chi connectivity index (χ2v) is 7.38. The number of hydrogen-bond acceptors (Lipinski definition) is 5. The minimum absolute atomic E-state index is 0.0785. The molecule has 2 aliphatic rings. The van der Waals surface area contributed by atoms with Crippen LogP contribution in [0.1, 0.15) is 16.7 Å². The van der Waals surface area contributed by atoms with Crippen LogP contribution >= 0.6 is 0 Å². The first-order valence-corrected chi connectivity index (χ1v) is 9.78. The Balaban J connectivity index is 1.64. The monoisotopic (exact) mass is 415 g/mol. The number of anilines is 1. The van der Waals surface area contributed by atoms with Gasteiger partial charge < -0.3 is 9.88 Å². The van der Waals surface area contributed by atoms with Crippen molar-refractivity contribution in [1.29, 1.82) is 0 Å². The van der Waals surface area contributed by atoms with Crippen molar-refractivity contribution in [3.8, 4) is 11.4 Å². The second kappa shape index (κ2) is 8.35. The van der Waals surface area contributed by atoms with E-state index in [0.29, 0.717) is 5.69 Å². The molecule has 2 aliphatic heterocycles. The Morgan fingerprint density at radius 1 is 1.06 bits per heavy atom. The van der Waals surface area contributed by atoms with Gasteiger partial charge in [0.1, 0.15) is 6.54 Å². The van der Waals surface area contributed by atoms with Crippen LogP contribution in [0.5, 0.6) is 0 Å². The molecular weight excluding hydrogens is 394 g/mol. The number of hydrogen-bond donors (Lipinski definition) is 1. The van der Waals surface area contributed by atoms with Crippen LogP contribution in [0.3, 0.4) is 0 Å². The maximum atomic E-state index is 13.0. The molecule has 1 aromatic carbocycles. The van der Waals surface area contributed by atoms with Crippen LogP contribution in [-0.2, 0) is 17.9 Å². The lowest BCUT2D eigenvalue weighted by atomic mass is 10.1. The molecule has 0 spiro atoms. The lowest BCUT2D eigenvalue weighted by Gasteiger charge is -2.15. The van der Waals surface area contributed by atoms with Crippen LogP contribution in [0, 0.1) is 13.8 Å². The number of fused-ring (bicyclic) bond motifs is 1. The third-order valence-corrected chi connectivity index (χ3v) is 5.01. The molecule has 3 heterocycles. The molecule has 156 valence electrons. The molecular formula is C23H21N5O3. The number of nitrogens with one attached hydrogen (secondary N) is 1. The first-order valence-electron chi connectivity index (χ1n) is 9.78. The molecule has 2 aromatic rings. The standard InChI is InChI=1S/C23H21N5O3/c1-15-5-6-19(16(2)12-15)25-20(29)14-27-11-3-4-18-21(27)26-23(31)28(22(18)30)13-17-7-9-24-10-8-17/h3-12H,13-14H2,1-2H3,(H,25,29). The van der Waals surface area contributed by atoms with Gasteiger partial charge in [-0.15, -0.1) is 0 Å². The summed E-state index contributed by atoms with van der Waals surface area (Å²) in [6.07, 6.45) is 4.83. The predicted molar refractivity (Wildman–Crippen MR) is 117 cm³/mol. The van der Waals surface area contributed by atoms with Crippen LogP contribution in [0.25, 0.3) is 11.4 Å². The summed E-state index contributed by atoms with van der Waals surface area (Å²) in [6.45, 7) is 3.93. The number of rotatable bonds is 5. The zero-order valence-corrected chi connectivity index (χ0v) is 17.2. The van der Waals surface area contributed by atoms with Crippen molar-refractivity contribution in [3.05, 3.63) is 98.6 Å². The molecule has 31 heavy (non-hydrogen) atoms. The van der Waals surface area contributed by atoms with Crippen molar-refractivity contribution < 1.29 is 4.79 Å². The molecule has 1 aromatic heterocycles. The molecule has 0 bridgehead atoms. The van der Waals surface area contributed by atoms with Gasteiger partial charge >= 0.3 is 5.69 Å². The van der Waals surface area contributed by atoms with Crippen molar-refractivity contribution in [1.82, 2.24) is 19.1 Å². The summed E-state index contributed by atoms with van der Waals surface area (Å²) < 4.78 is 2.59. The average Bonchev–Trinajstić information content (AvgIpc) is 2.74. The second-order valence-electron chi connectivity index (χ2n) is 7.38. The quantitative estimate of drug-likeness (QED) is 0.539. The zero-order chi connectivity index (χ0) is 22.0. The van der Waals surface area contributed by atoms with E-state index in [1.807, 2.05) is 32.0 Å². The van der Waals surface area contributed by atoms with E-state index in [9.17, 15) is 14.4 Å². The Kier molecular flexibility index (Phi) is 5.44. The van der Waals surface area contributed by atoms with Gasteiger partial charge in [0.25, 0.3) is 5.56 Å². The van der Waals surface area contributed by atoms with Gasteiger partial charge in [-0.05, 0) is 55.3 Å². The topological polar surface area (TPSA) is 98.9 Å². The van der Waals surface area contributed by atoms with E-state index in [0.717, 1.165) is 21.3 Å². The molecule has 0 saturated carbocycles. The van der Waals surface area contributed by atoms with Crippen LogP contribution in [0.2, 0.25) is 0 Å². The number of carbonyl (C=O) groups excluding carboxylic acids is 1. The highest BCUT2D eigenvalue weighted by molar-refractivity contribution is 5.91. The van der Waals surface area contributed by atoms with Gasteiger partial charge in [-0.2, -0.15) is 4.98 Å². The van der Waals surface area contributed by atoms with E-state index in [1.54, 1.807) is 42.9 Å². The van der Waals surface area contributed by atoms with Crippen molar-refractivity contribution in [2.24, 2.45) is 0 Å². The Morgan fingerprint density at radius 3 is 2.58 bits per heavy atom. The molecule has 0 aliphatic carbocycles. The number of aromatic nitrogens is 4. The molecule has 1 N–H and O–H groups in total. The lowest BCUT2D eigenvalue weighted by Crippen LogP contribution is -2.38. The molecule has 4 rings (SSSR count). The highest BCUT2D eigenvalue weighted by Crippen LogP contribution is 2.17. The summed E-state index contributed by atoms with van der Waals surface area (Å²) in [5.41, 5.74) is 2.71. The maximum absolute atomic E-state index is 13.0. The van der Waals surface area contributed by atoms with Gasteiger partial charge in [0, 0.05) is 24.3 Å². The molecule has 0 fully saturated rings. The van der Waals surface area contributed by atoms with Gasteiger partial charge in [-0.25, -0.2) is 4.79 Å². The summed E-state index contributed by atoms with van der Waals surface area (Å²) >= 11 is 0. The fraction of sp³-hybridized carbons (Fsp3) is 0.174. The molecule has 1 amide bonds. The Morgan fingerprint density at radius 2 is 1.84 bits per heavy atom. The van der Waals surface area contributed by atoms with Gasteiger partial charge in [-0.1, -0.05) is 17.7 Å². The van der Waals surface area contributed by atoms with E-state index in [-0.39, 0.29) is 30.4 Å². The van der Waals surface area contributed by atoms with Crippen LogP contribution < -0.4 is 16.6 Å². The van der Waals surface area contributed by atoms with E-state index < -0.39 is 11.2 Å². The van der Waals surface area contributed by atoms with Crippen molar-refractivity contribution in [2.45, 2.75) is 26.9 Å². The number of carbonyl (C=O) groups is 1. The third kappa shape index (κ3) is 4.28. The number of nitrogens with zero attached hydrogens (tertiary/aromatic N) is 4. The Hall–Kier alpha value is -4.07. The number of aryl methyl sites for hydroxylation is 2. The molecule has 0 atom stereocenters. The van der Waals surface area contributed by atoms with E-state index in [4.69, 9.17) is 0 Å². The van der Waals surface area contributed by atoms with E-state index >= 15 is 0 Å². The Bertz CT molecular complexity index is 1340. The molecule has 8 nitrogen and oxygen atoms in total. The first-order chi connectivity index (χ1) is 14.9. The van der Waals surface area contributed by atoms with Gasteiger partial charge in [0.15, 0.2) is 5.82 Å².